The first-order chi connectivity index (χ1) is 17.5. The van der Waals surface area contributed by atoms with Crippen LogP contribution in [0.2, 0.25) is 0 Å². The first-order valence-corrected chi connectivity index (χ1v) is 12.5. The Bertz CT molecular complexity index is 1290. The highest BCUT2D eigenvalue weighted by atomic mass is 19.1. The molecule has 4 heterocycles. The van der Waals surface area contributed by atoms with E-state index in [-0.39, 0.29) is 47.8 Å². The van der Waals surface area contributed by atoms with E-state index in [1.54, 1.807) is 29.6 Å². The van der Waals surface area contributed by atoms with Crippen molar-refractivity contribution in [3.05, 3.63) is 53.5 Å². The van der Waals surface area contributed by atoms with Crippen LogP contribution >= 0.6 is 0 Å². The lowest BCUT2D eigenvalue weighted by molar-refractivity contribution is -0.133. The maximum atomic E-state index is 14.9. The number of carbonyl (C=O) groups is 2. The summed E-state index contributed by atoms with van der Waals surface area (Å²) in [6.45, 7) is 2.64. The number of hydrogen-bond donors (Lipinski definition) is 3. The highest BCUT2D eigenvalue weighted by Crippen LogP contribution is 2.35. The molecule has 0 bridgehead atoms. The highest BCUT2D eigenvalue weighted by molar-refractivity contribution is 5.94. The molecule has 4 unspecified atom stereocenters. The number of hydrazine groups is 1. The lowest BCUT2D eigenvalue weighted by Gasteiger charge is -2.41. The molecule has 0 radical (unpaired) electrons. The molecular weight excluding hydrogens is 463 g/mol. The van der Waals surface area contributed by atoms with Crippen LogP contribution in [0.4, 0.5) is 4.39 Å². The second-order valence-corrected chi connectivity index (χ2v) is 10.1. The third-order valence-corrected chi connectivity index (χ3v) is 7.82. The zero-order valence-electron chi connectivity index (χ0n) is 20.1. The second-order valence-electron chi connectivity index (χ2n) is 10.1. The summed E-state index contributed by atoms with van der Waals surface area (Å²) >= 11 is 0. The van der Waals surface area contributed by atoms with Gasteiger partial charge in [0.2, 0.25) is 5.91 Å². The number of aromatic nitrogens is 5. The van der Waals surface area contributed by atoms with Gasteiger partial charge in [-0.1, -0.05) is 18.9 Å². The quantitative estimate of drug-likeness (QED) is 0.514. The van der Waals surface area contributed by atoms with Crippen LogP contribution in [0.3, 0.4) is 0 Å². The Morgan fingerprint density at radius 1 is 1.22 bits per heavy atom. The normalized spacial score (nSPS) is 25.7. The van der Waals surface area contributed by atoms with Crippen LogP contribution in [-0.4, -0.2) is 54.0 Å². The van der Waals surface area contributed by atoms with Crippen molar-refractivity contribution in [3.8, 4) is 11.5 Å². The van der Waals surface area contributed by atoms with Crippen LogP contribution in [0.1, 0.15) is 60.4 Å². The van der Waals surface area contributed by atoms with E-state index in [0.29, 0.717) is 24.6 Å². The van der Waals surface area contributed by atoms with E-state index in [1.165, 1.54) is 6.07 Å². The van der Waals surface area contributed by atoms with Crippen LogP contribution in [0.25, 0.3) is 11.5 Å². The zero-order chi connectivity index (χ0) is 24.8. The molecule has 1 aromatic carbocycles. The second kappa shape index (κ2) is 9.12. The molecule has 2 aliphatic heterocycles. The van der Waals surface area contributed by atoms with Gasteiger partial charge in [-0.3, -0.25) is 15.0 Å². The summed E-state index contributed by atoms with van der Waals surface area (Å²) in [5.41, 5.74) is 7.66. The van der Waals surface area contributed by atoms with Gasteiger partial charge in [-0.2, -0.15) is 0 Å². The number of benzene rings is 1. The Labute approximate surface area is 207 Å². The van der Waals surface area contributed by atoms with Gasteiger partial charge in [0.25, 0.3) is 5.91 Å². The van der Waals surface area contributed by atoms with E-state index in [4.69, 9.17) is 0 Å². The molecule has 2 amide bonds. The zero-order valence-corrected chi connectivity index (χ0v) is 20.1. The monoisotopic (exact) mass is 492 g/mol. The van der Waals surface area contributed by atoms with Gasteiger partial charge in [-0.15, -0.1) is 10.2 Å². The summed E-state index contributed by atoms with van der Waals surface area (Å²) in [6.07, 6.45) is 7.96. The number of hydrogen-bond acceptors (Lipinski definition) is 6. The largest absolute Gasteiger partial charge is 0.342 e. The van der Waals surface area contributed by atoms with E-state index < -0.39 is 5.82 Å². The average molecular weight is 493 g/mol. The molecule has 11 heteroatoms. The van der Waals surface area contributed by atoms with Crippen molar-refractivity contribution in [1.29, 1.82) is 0 Å². The Morgan fingerprint density at radius 3 is 2.92 bits per heavy atom. The van der Waals surface area contributed by atoms with Crippen LogP contribution in [0.5, 0.6) is 0 Å². The first-order valence-electron chi connectivity index (χ1n) is 12.5. The van der Waals surface area contributed by atoms with Crippen LogP contribution < -0.4 is 10.9 Å². The fourth-order valence-electron chi connectivity index (χ4n) is 6.07. The van der Waals surface area contributed by atoms with E-state index in [1.807, 2.05) is 11.5 Å². The molecule has 10 nitrogen and oxygen atoms in total. The van der Waals surface area contributed by atoms with Gasteiger partial charge in [0.05, 0.1) is 30.7 Å². The highest BCUT2D eigenvalue weighted by Gasteiger charge is 2.40. The van der Waals surface area contributed by atoms with Crippen molar-refractivity contribution in [3.63, 3.8) is 0 Å². The number of amides is 2. The number of carbonyl (C=O) groups excluding carboxylic acids is 2. The van der Waals surface area contributed by atoms with Gasteiger partial charge in [0, 0.05) is 18.5 Å². The van der Waals surface area contributed by atoms with Crippen LogP contribution in [-0.2, 0) is 17.8 Å². The number of H-pyrrole nitrogens is 1. The molecule has 2 fully saturated rings. The molecule has 1 saturated heterocycles. The fraction of sp³-hybridized carbons (Fsp3) is 0.480. The predicted octanol–water partition coefficient (Wildman–Crippen LogP) is 2.38. The van der Waals surface area contributed by atoms with Gasteiger partial charge in [0.15, 0.2) is 11.6 Å². The molecule has 3 aromatic rings. The van der Waals surface area contributed by atoms with Crippen molar-refractivity contribution in [2.75, 3.05) is 6.54 Å². The van der Waals surface area contributed by atoms with E-state index >= 15 is 0 Å². The Morgan fingerprint density at radius 2 is 2.08 bits per heavy atom. The van der Waals surface area contributed by atoms with Gasteiger partial charge in [0.1, 0.15) is 11.5 Å². The minimum absolute atomic E-state index is 0.0189. The third kappa shape index (κ3) is 3.97. The summed E-state index contributed by atoms with van der Waals surface area (Å²) in [6, 6.07) is 4.72. The van der Waals surface area contributed by atoms with E-state index in [2.05, 4.69) is 31.0 Å². The van der Waals surface area contributed by atoms with Crippen molar-refractivity contribution in [2.24, 2.45) is 11.8 Å². The average Bonchev–Trinajstić information content (AvgIpc) is 3.57. The Hall–Kier alpha value is -3.60. The number of imidazole rings is 1. The summed E-state index contributed by atoms with van der Waals surface area (Å²) < 4.78 is 16.9. The molecule has 36 heavy (non-hydrogen) atoms. The molecule has 188 valence electrons. The summed E-state index contributed by atoms with van der Waals surface area (Å²) in [5, 5.41) is 8.57. The molecule has 0 spiro atoms. The minimum atomic E-state index is -0.540. The summed E-state index contributed by atoms with van der Waals surface area (Å²) in [4.78, 5) is 34.5. The summed E-state index contributed by atoms with van der Waals surface area (Å²) in [7, 11) is 0. The van der Waals surface area contributed by atoms with Crippen LogP contribution in [0, 0.1) is 17.7 Å². The first kappa shape index (κ1) is 22.8. The standard InChI is InChI=1S/C25H29FN8O2/c1-14-11-33(12-22-30-31-23(34(14)22)21-10-27-13-28-21)25(36)18-8-15(6-7-19(18)26)9-20-16-4-2-3-5-17(16)24(35)32-29-20/h6-8,10,13-14,16-17,20,29H,2-5,9,11-12H2,1H3,(H,27,28)(H,32,35). The number of aromatic amines is 1. The number of nitrogens with zero attached hydrogens (tertiary/aromatic N) is 5. The Kier molecular flexibility index (Phi) is 5.79. The lowest BCUT2D eigenvalue weighted by Crippen LogP contribution is -2.60. The predicted molar refractivity (Wildman–Crippen MR) is 128 cm³/mol. The number of fused-ring (bicyclic) bond motifs is 2. The topological polar surface area (TPSA) is 121 Å². The SMILES string of the molecule is CC1CN(C(=O)c2cc(CC3NNC(=O)C4CCCCC34)ccc2F)Cc2nnc(-c3cnc[nH]3)n21. The maximum absolute atomic E-state index is 14.9. The molecule has 3 aliphatic rings. The molecule has 6 rings (SSSR count). The van der Waals surface area contributed by atoms with E-state index in [0.717, 1.165) is 36.9 Å². The third-order valence-electron chi connectivity index (χ3n) is 7.82. The number of rotatable bonds is 4. The van der Waals surface area contributed by atoms with Crippen molar-refractivity contribution in [2.45, 2.75) is 57.7 Å². The van der Waals surface area contributed by atoms with E-state index in [9.17, 15) is 14.0 Å². The molecular formula is C25H29FN8O2. The minimum Gasteiger partial charge on any atom is -0.342 e. The molecule has 4 atom stereocenters. The molecule has 2 aromatic heterocycles. The lowest BCUT2D eigenvalue weighted by atomic mass is 9.72. The molecule has 1 saturated carbocycles. The van der Waals surface area contributed by atoms with Crippen molar-refractivity contribution >= 4 is 11.8 Å². The van der Waals surface area contributed by atoms with Gasteiger partial charge < -0.3 is 14.5 Å². The van der Waals surface area contributed by atoms with Gasteiger partial charge >= 0.3 is 0 Å². The summed E-state index contributed by atoms with van der Waals surface area (Å²) in [5.74, 6) is 0.743. The Balaban J connectivity index is 1.21. The van der Waals surface area contributed by atoms with Crippen LogP contribution in [0.15, 0.2) is 30.7 Å². The van der Waals surface area contributed by atoms with Crippen molar-refractivity contribution in [1.82, 2.24) is 40.5 Å². The number of halogens is 1. The van der Waals surface area contributed by atoms with Gasteiger partial charge in [-0.05, 0) is 49.8 Å². The molecule has 3 N–H and O–H groups in total. The fourth-order valence-corrected chi connectivity index (χ4v) is 6.07. The molecule has 1 aliphatic carbocycles. The van der Waals surface area contributed by atoms with Crippen molar-refractivity contribution < 1.29 is 14.0 Å². The smallest absolute Gasteiger partial charge is 0.257 e. The van der Waals surface area contributed by atoms with Gasteiger partial charge in [-0.25, -0.2) is 14.8 Å². The maximum Gasteiger partial charge on any atom is 0.257 e. The number of nitrogens with one attached hydrogen (secondary N) is 3.